The molecule has 0 saturated carbocycles. The van der Waals surface area contributed by atoms with Crippen LogP contribution >= 0.6 is 31.9 Å². The molecule has 186 valence electrons. The summed E-state index contributed by atoms with van der Waals surface area (Å²) < 4.78 is 52.9. The maximum absolute atomic E-state index is 12.3. The van der Waals surface area contributed by atoms with Crippen molar-refractivity contribution in [1.29, 1.82) is 0 Å². The normalized spacial score (nSPS) is 17.4. The van der Waals surface area contributed by atoms with Gasteiger partial charge in [0.2, 0.25) is 20.0 Å². The first kappa shape index (κ1) is 27.0. The minimum absolute atomic E-state index is 0.0430. The van der Waals surface area contributed by atoms with Gasteiger partial charge < -0.3 is 5.73 Å². The smallest absolute Gasteiger partial charge is 0.270 e. The van der Waals surface area contributed by atoms with E-state index in [4.69, 9.17) is 5.73 Å². The lowest BCUT2D eigenvalue weighted by Gasteiger charge is -2.16. The highest BCUT2D eigenvalue weighted by molar-refractivity contribution is 9.10. The summed E-state index contributed by atoms with van der Waals surface area (Å²) >= 11 is 6.39. The van der Waals surface area contributed by atoms with Crippen LogP contribution < -0.4 is 5.73 Å². The Morgan fingerprint density at radius 2 is 1.18 bits per heavy atom. The monoisotopic (exact) mass is 638 g/mol. The number of nitrogens with two attached hydrogens (primary N) is 1. The van der Waals surface area contributed by atoms with E-state index in [9.17, 15) is 26.9 Å². The van der Waals surface area contributed by atoms with Crippen molar-refractivity contribution in [2.45, 2.75) is 35.5 Å². The lowest BCUT2D eigenvalue weighted by molar-refractivity contribution is -0.385. The van der Waals surface area contributed by atoms with Gasteiger partial charge in [-0.1, -0.05) is 0 Å². The van der Waals surface area contributed by atoms with Crippen LogP contribution in [0, 0.1) is 10.1 Å². The largest absolute Gasteiger partial charge is 0.399 e. The van der Waals surface area contributed by atoms with Crippen LogP contribution in [0.2, 0.25) is 0 Å². The fourth-order valence-electron chi connectivity index (χ4n) is 3.66. The van der Waals surface area contributed by atoms with E-state index >= 15 is 0 Å². The molecule has 2 fully saturated rings. The molecule has 2 aliphatic rings. The minimum Gasteiger partial charge on any atom is -0.399 e. The number of nitrogen functional groups attached to an aromatic ring is 1. The maximum atomic E-state index is 12.3. The second-order valence-corrected chi connectivity index (χ2v) is 13.3. The molecule has 34 heavy (non-hydrogen) atoms. The molecule has 14 heteroatoms. The predicted octanol–water partition coefficient (Wildman–Crippen LogP) is 3.96. The molecule has 0 unspecified atom stereocenters. The zero-order valence-corrected chi connectivity index (χ0v) is 22.9. The Morgan fingerprint density at radius 1 is 0.765 bits per heavy atom. The van der Waals surface area contributed by atoms with Crippen molar-refractivity contribution in [2.75, 3.05) is 31.9 Å². The molecule has 0 atom stereocenters. The van der Waals surface area contributed by atoms with Crippen LogP contribution in [0.5, 0.6) is 0 Å². The van der Waals surface area contributed by atoms with E-state index in [1.54, 1.807) is 12.1 Å². The Bertz CT molecular complexity index is 1280. The topological polar surface area (TPSA) is 144 Å². The van der Waals surface area contributed by atoms with E-state index in [0.29, 0.717) is 40.8 Å². The van der Waals surface area contributed by atoms with Crippen LogP contribution in [-0.4, -0.2) is 56.5 Å². The van der Waals surface area contributed by atoms with E-state index in [1.807, 2.05) is 0 Å². The molecule has 0 aliphatic carbocycles. The van der Waals surface area contributed by atoms with Gasteiger partial charge in [0.05, 0.1) is 9.82 Å². The van der Waals surface area contributed by atoms with Gasteiger partial charge in [0.15, 0.2) is 0 Å². The van der Waals surface area contributed by atoms with E-state index in [2.05, 4.69) is 31.9 Å². The third-order valence-corrected chi connectivity index (χ3v) is 11.2. The second-order valence-electron chi connectivity index (χ2n) is 7.78. The summed E-state index contributed by atoms with van der Waals surface area (Å²) in [4.78, 5) is 10.3. The lowest BCUT2D eigenvalue weighted by Crippen LogP contribution is -2.28. The highest BCUT2D eigenvalue weighted by Gasteiger charge is 2.30. The van der Waals surface area contributed by atoms with Crippen LogP contribution in [-0.2, 0) is 20.0 Å². The Labute approximate surface area is 215 Å². The van der Waals surface area contributed by atoms with Crippen molar-refractivity contribution in [3.05, 3.63) is 55.5 Å². The molecular weight excluding hydrogens is 616 g/mol. The Balaban J connectivity index is 0.000000192. The van der Waals surface area contributed by atoms with E-state index in [0.717, 1.165) is 31.7 Å². The molecule has 2 N–H and O–H groups in total. The third kappa shape index (κ3) is 5.97. The molecule has 0 radical (unpaired) electrons. The molecule has 0 spiro atoms. The van der Waals surface area contributed by atoms with Crippen LogP contribution in [0.25, 0.3) is 0 Å². The number of non-ortho nitro benzene ring substituents is 1. The van der Waals surface area contributed by atoms with Gasteiger partial charge in [0.25, 0.3) is 5.69 Å². The van der Waals surface area contributed by atoms with E-state index < -0.39 is 25.0 Å². The summed E-state index contributed by atoms with van der Waals surface area (Å²) in [6.07, 6.45) is 3.51. The molecule has 10 nitrogen and oxygen atoms in total. The average Bonchev–Trinajstić information content (AvgIpc) is 3.51. The number of hydrogen-bond donors (Lipinski definition) is 1. The van der Waals surface area contributed by atoms with Crippen molar-refractivity contribution in [3.8, 4) is 0 Å². The summed E-state index contributed by atoms with van der Waals surface area (Å²) in [5.41, 5.74) is 5.85. The Kier molecular flexibility index (Phi) is 8.74. The highest BCUT2D eigenvalue weighted by atomic mass is 79.9. The number of sulfonamides is 2. The molecule has 2 heterocycles. The molecule has 0 bridgehead atoms. The molecule has 2 aliphatic heterocycles. The van der Waals surface area contributed by atoms with Crippen molar-refractivity contribution in [1.82, 2.24) is 8.61 Å². The average molecular weight is 640 g/mol. The quantitative estimate of drug-likeness (QED) is 0.296. The first-order valence-electron chi connectivity index (χ1n) is 10.4. The molecule has 2 aromatic rings. The van der Waals surface area contributed by atoms with Crippen LogP contribution in [0.1, 0.15) is 25.7 Å². The van der Waals surface area contributed by atoms with Gasteiger partial charge in [-0.25, -0.2) is 16.8 Å². The predicted molar refractivity (Wildman–Crippen MR) is 135 cm³/mol. The molecule has 0 amide bonds. The summed E-state index contributed by atoms with van der Waals surface area (Å²) in [5.74, 6) is 0. The number of anilines is 1. The number of rotatable bonds is 5. The van der Waals surface area contributed by atoms with E-state index in [-0.39, 0.29) is 15.5 Å². The highest BCUT2D eigenvalue weighted by Crippen LogP contribution is 2.31. The summed E-state index contributed by atoms with van der Waals surface area (Å²) in [7, 11) is -7.03. The van der Waals surface area contributed by atoms with Gasteiger partial charge in [0.1, 0.15) is 4.90 Å². The SMILES string of the molecule is Nc1ccc(Br)c(S(=O)(=O)N2CCCC2)c1.O=[N+]([O-])c1ccc(Br)c(S(=O)(=O)N2CCCC2)c1. The summed E-state index contributed by atoms with van der Waals surface area (Å²) in [6.45, 7) is 2.14. The van der Waals surface area contributed by atoms with Crippen molar-refractivity contribution < 1.29 is 21.8 Å². The van der Waals surface area contributed by atoms with E-state index in [1.165, 1.54) is 26.8 Å². The first-order valence-corrected chi connectivity index (χ1v) is 14.9. The lowest BCUT2D eigenvalue weighted by atomic mass is 10.3. The molecule has 0 aromatic heterocycles. The van der Waals surface area contributed by atoms with Crippen LogP contribution in [0.3, 0.4) is 0 Å². The fourth-order valence-corrected chi connectivity index (χ4v) is 8.59. The molecular formula is C20H24Br2N4O6S2. The molecule has 2 saturated heterocycles. The number of nitro benzene ring substituents is 1. The van der Waals surface area contributed by atoms with Crippen molar-refractivity contribution in [3.63, 3.8) is 0 Å². The van der Waals surface area contributed by atoms with Gasteiger partial charge in [-0.2, -0.15) is 8.61 Å². The first-order chi connectivity index (χ1) is 15.9. The Morgan fingerprint density at radius 3 is 1.62 bits per heavy atom. The summed E-state index contributed by atoms with van der Waals surface area (Å²) in [5, 5.41) is 10.7. The zero-order valence-electron chi connectivity index (χ0n) is 18.1. The van der Waals surface area contributed by atoms with Gasteiger partial charge >= 0.3 is 0 Å². The van der Waals surface area contributed by atoms with Crippen molar-refractivity contribution >= 4 is 63.3 Å². The number of halogens is 2. The maximum Gasteiger partial charge on any atom is 0.270 e. The van der Waals surface area contributed by atoms with Gasteiger partial charge in [-0.3, -0.25) is 10.1 Å². The number of nitrogens with zero attached hydrogens (tertiary/aromatic N) is 3. The molecule has 2 aromatic carbocycles. The van der Waals surface area contributed by atoms with Crippen molar-refractivity contribution in [2.24, 2.45) is 0 Å². The Hall–Kier alpha value is -1.58. The number of hydrogen-bond acceptors (Lipinski definition) is 7. The minimum atomic E-state index is -3.64. The van der Waals surface area contributed by atoms with Gasteiger partial charge in [0, 0.05) is 52.9 Å². The molecule has 4 rings (SSSR count). The van der Waals surface area contributed by atoms with Gasteiger partial charge in [-0.05, 0) is 81.8 Å². The zero-order chi connectivity index (χ0) is 25.1. The second kappa shape index (κ2) is 11.0. The summed E-state index contributed by atoms with van der Waals surface area (Å²) in [6, 6.07) is 8.59. The van der Waals surface area contributed by atoms with Crippen LogP contribution in [0.4, 0.5) is 11.4 Å². The van der Waals surface area contributed by atoms with Crippen LogP contribution in [0.15, 0.2) is 55.1 Å². The number of benzene rings is 2. The number of nitro groups is 1. The standard InChI is InChI=1S/C10H11BrN2O4S.C10H13BrN2O2S/c11-9-4-3-8(13(14)15)7-10(9)18(16,17)12-5-1-2-6-12;11-9-4-3-8(12)7-10(9)16(14,15)13-5-1-2-6-13/h3-4,7H,1-2,5-6H2;3-4,7H,1-2,5-6,12H2. The fraction of sp³-hybridized carbons (Fsp3) is 0.400. The van der Waals surface area contributed by atoms with Gasteiger partial charge in [-0.15, -0.1) is 0 Å². The third-order valence-electron chi connectivity index (χ3n) is 5.45.